The zero-order chi connectivity index (χ0) is 20.8. The molecule has 0 aliphatic rings. The molecule has 0 aromatic rings. The maximum absolute atomic E-state index is 10.5. The fourth-order valence-corrected chi connectivity index (χ4v) is 0.784. The summed E-state index contributed by atoms with van der Waals surface area (Å²) in [5, 5.41) is 7.60. The average Bonchev–Trinajstić information content (AvgIpc) is 2.65. The zero-order valence-electron chi connectivity index (χ0n) is 15.0. The van der Waals surface area contributed by atoms with E-state index in [1.165, 1.54) is 0 Å². The van der Waals surface area contributed by atoms with Gasteiger partial charge in [-0.2, -0.15) is 0 Å². The van der Waals surface area contributed by atoms with E-state index in [9.17, 15) is 19.2 Å². The van der Waals surface area contributed by atoms with Gasteiger partial charge in [0.15, 0.2) is 0 Å². The number of rotatable bonds is 10. The number of carbonyl (C=O) groups excluding carboxylic acids is 3. The van der Waals surface area contributed by atoms with Crippen molar-refractivity contribution in [1.29, 1.82) is 0 Å². The Morgan fingerprint density at radius 3 is 1.27 bits per heavy atom. The van der Waals surface area contributed by atoms with Gasteiger partial charge in [0.05, 0.1) is 19.8 Å². The van der Waals surface area contributed by atoms with E-state index in [1.54, 1.807) is 0 Å². The molecule has 0 unspecified atom stereocenters. The van der Waals surface area contributed by atoms with E-state index in [2.05, 4.69) is 40.5 Å². The molecule has 1 N–H and O–H groups in total. The molecular weight excluding hydrogens is 344 g/mol. The number of hydrogen-bond acceptors (Lipinski definition) is 7. The van der Waals surface area contributed by atoms with Crippen LogP contribution in [-0.2, 0) is 33.4 Å². The van der Waals surface area contributed by atoms with Crippen LogP contribution in [0.3, 0.4) is 0 Å². The van der Waals surface area contributed by atoms with E-state index in [-0.39, 0.29) is 19.2 Å². The summed E-state index contributed by atoms with van der Waals surface area (Å²) in [6.07, 6.45) is 5.49. The molecule has 0 radical (unpaired) electrons. The van der Waals surface area contributed by atoms with Gasteiger partial charge in [0.25, 0.3) is 0 Å². The molecule has 26 heavy (non-hydrogen) atoms. The molecule has 0 rings (SSSR count). The molecule has 0 aliphatic heterocycles. The normalized spacial score (nSPS) is 8.04. The first kappa shape index (κ1) is 27.7. The monoisotopic (exact) mass is 370 g/mol. The van der Waals surface area contributed by atoms with Crippen LogP contribution in [0.5, 0.6) is 0 Å². The molecule has 0 atom stereocenters. The Morgan fingerprint density at radius 2 is 1.04 bits per heavy atom. The Hall–Kier alpha value is -3.16. The van der Waals surface area contributed by atoms with Crippen molar-refractivity contribution in [3.05, 3.63) is 50.6 Å². The van der Waals surface area contributed by atoms with Crippen molar-refractivity contribution in [2.75, 3.05) is 19.8 Å². The smallest absolute Gasteiger partial charge is 0.330 e. The van der Waals surface area contributed by atoms with Crippen molar-refractivity contribution >= 4 is 23.9 Å². The molecular formula is C18H26O8. The Kier molecular flexibility index (Phi) is 23.2. The molecule has 0 spiro atoms. The summed E-state index contributed by atoms with van der Waals surface area (Å²) in [6, 6.07) is 0. The number of carboxylic acids is 1. The third-order valence-corrected chi connectivity index (χ3v) is 1.90. The first-order valence-corrected chi connectivity index (χ1v) is 7.51. The SMILES string of the molecule is C=CC(=O)O.C=CC(=O)OCCC.C=CC(=O)OCCCOC(=O)C=C. The van der Waals surface area contributed by atoms with Gasteiger partial charge in [-0.3, -0.25) is 0 Å². The van der Waals surface area contributed by atoms with E-state index < -0.39 is 17.9 Å². The maximum Gasteiger partial charge on any atom is 0.330 e. The van der Waals surface area contributed by atoms with Crippen LogP contribution in [0.4, 0.5) is 0 Å². The van der Waals surface area contributed by atoms with Crippen LogP contribution in [-0.4, -0.2) is 48.8 Å². The highest BCUT2D eigenvalue weighted by Crippen LogP contribution is 1.88. The molecule has 0 aliphatic carbocycles. The Morgan fingerprint density at radius 1 is 0.731 bits per heavy atom. The van der Waals surface area contributed by atoms with Gasteiger partial charge in [0.1, 0.15) is 0 Å². The first-order valence-electron chi connectivity index (χ1n) is 7.51. The van der Waals surface area contributed by atoms with Gasteiger partial charge in [-0.15, -0.1) is 0 Å². The zero-order valence-corrected chi connectivity index (χ0v) is 15.0. The van der Waals surface area contributed by atoms with Crippen molar-refractivity contribution < 1.29 is 38.5 Å². The summed E-state index contributed by atoms with van der Waals surface area (Å²) < 4.78 is 13.8. The van der Waals surface area contributed by atoms with Gasteiger partial charge in [-0.05, 0) is 6.42 Å². The van der Waals surface area contributed by atoms with E-state index in [4.69, 9.17) is 5.11 Å². The minimum absolute atomic E-state index is 0.218. The lowest BCUT2D eigenvalue weighted by atomic mass is 10.5. The molecule has 0 saturated heterocycles. The molecule has 8 heteroatoms. The van der Waals surface area contributed by atoms with Crippen molar-refractivity contribution in [1.82, 2.24) is 0 Å². The number of ether oxygens (including phenoxy) is 3. The summed E-state index contributed by atoms with van der Waals surface area (Å²) >= 11 is 0. The van der Waals surface area contributed by atoms with E-state index >= 15 is 0 Å². The Labute approximate surface area is 153 Å². The van der Waals surface area contributed by atoms with Crippen LogP contribution in [0.1, 0.15) is 19.8 Å². The van der Waals surface area contributed by atoms with Crippen molar-refractivity contribution in [2.45, 2.75) is 19.8 Å². The Balaban J connectivity index is -0.000000346. The fraction of sp³-hybridized carbons (Fsp3) is 0.333. The molecule has 8 nitrogen and oxygen atoms in total. The third-order valence-electron chi connectivity index (χ3n) is 1.90. The second kappa shape index (κ2) is 21.8. The number of carbonyl (C=O) groups is 4. The van der Waals surface area contributed by atoms with E-state index in [0.29, 0.717) is 13.0 Å². The quantitative estimate of drug-likeness (QED) is 0.269. The van der Waals surface area contributed by atoms with Gasteiger partial charge in [-0.25, -0.2) is 19.2 Å². The largest absolute Gasteiger partial charge is 0.478 e. The van der Waals surface area contributed by atoms with Crippen molar-refractivity contribution in [3.63, 3.8) is 0 Å². The van der Waals surface area contributed by atoms with Crippen molar-refractivity contribution in [2.24, 2.45) is 0 Å². The first-order chi connectivity index (χ1) is 12.3. The van der Waals surface area contributed by atoms with Gasteiger partial charge >= 0.3 is 23.9 Å². The molecule has 0 aromatic carbocycles. The van der Waals surface area contributed by atoms with E-state index in [0.717, 1.165) is 30.7 Å². The van der Waals surface area contributed by atoms with Gasteiger partial charge in [0.2, 0.25) is 0 Å². The van der Waals surface area contributed by atoms with Crippen LogP contribution in [0, 0.1) is 0 Å². The van der Waals surface area contributed by atoms with Crippen LogP contribution < -0.4 is 0 Å². The van der Waals surface area contributed by atoms with Crippen LogP contribution in [0.25, 0.3) is 0 Å². The second-order valence-electron chi connectivity index (χ2n) is 4.01. The lowest BCUT2D eigenvalue weighted by Crippen LogP contribution is -2.07. The standard InChI is InChI=1S/C9H12O4.C6H10O2.C3H4O2/c1-3-8(10)12-6-5-7-13-9(11)4-2;1-3-5-8-6(7)4-2;1-2-3(4)5/h3-4H,1-2,5-7H2;4H,2-3,5H2,1H3;2H,1H2,(H,4,5). The molecule has 0 amide bonds. The summed E-state index contributed by atoms with van der Waals surface area (Å²) in [5.74, 6) is -2.28. The minimum Gasteiger partial charge on any atom is -0.478 e. The highest BCUT2D eigenvalue weighted by molar-refractivity contribution is 5.81. The van der Waals surface area contributed by atoms with Crippen molar-refractivity contribution in [3.8, 4) is 0 Å². The Bertz CT molecular complexity index is 458. The van der Waals surface area contributed by atoms with Gasteiger partial charge in [0, 0.05) is 30.7 Å². The van der Waals surface area contributed by atoms with Gasteiger partial charge in [-0.1, -0.05) is 33.2 Å². The molecule has 0 fully saturated rings. The lowest BCUT2D eigenvalue weighted by Gasteiger charge is -2.02. The van der Waals surface area contributed by atoms with Crippen LogP contribution in [0.15, 0.2) is 50.6 Å². The summed E-state index contributed by atoms with van der Waals surface area (Å²) in [7, 11) is 0. The molecule has 0 bridgehead atoms. The number of esters is 3. The third kappa shape index (κ3) is 28.9. The number of carboxylic acid groups (broad SMARTS) is 1. The predicted octanol–water partition coefficient (Wildman–Crippen LogP) is 2.22. The minimum atomic E-state index is -0.981. The number of aliphatic carboxylic acids is 1. The van der Waals surface area contributed by atoms with Gasteiger partial charge < -0.3 is 19.3 Å². The highest BCUT2D eigenvalue weighted by Gasteiger charge is 1.97. The number of hydrogen-bond donors (Lipinski definition) is 1. The molecule has 0 heterocycles. The topological polar surface area (TPSA) is 116 Å². The maximum atomic E-state index is 10.5. The van der Waals surface area contributed by atoms with Crippen LogP contribution in [0.2, 0.25) is 0 Å². The lowest BCUT2D eigenvalue weighted by molar-refractivity contribution is -0.140. The summed E-state index contributed by atoms with van der Waals surface area (Å²) in [6.45, 7) is 15.5. The predicted molar refractivity (Wildman–Crippen MR) is 96.2 cm³/mol. The summed E-state index contributed by atoms with van der Waals surface area (Å²) in [5.41, 5.74) is 0. The average molecular weight is 370 g/mol. The summed E-state index contributed by atoms with van der Waals surface area (Å²) in [4.78, 5) is 40.5. The van der Waals surface area contributed by atoms with E-state index in [1.807, 2.05) is 6.92 Å². The molecule has 146 valence electrons. The fourth-order valence-electron chi connectivity index (χ4n) is 0.784. The van der Waals surface area contributed by atoms with Crippen LogP contribution >= 0.6 is 0 Å². The highest BCUT2D eigenvalue weighted by atomic mass is 16.5. The molecule has 0 saturated carbocycles. The molecule has 0 aromatic heterocycles. The second-order valence-corrected chi connectivity index (χ2v) is 4.01.